The van der Waals surface area contributed by atoms with Crippen LogP contribution in [0.15, 0.2) is 71.2 Å². The van der Waals surface area contributed by atoms with Gasteiger partial charge in [0, 0.05) is 34.1 Å². The second kappa shape index (κ2) is 9.67. The Balaban J connectivity index is 1.56. The molecule has 0 unspecified atom stereocenters. The lowest BCUT2D eigenvalue weighted by Crippen LogP contribution is -2.44. The van der Waals surface area contributed by atoms with Crippen molar-refractivity contribution in [2.45, 2.75) is 19.0 Å². The first-order chi connectivity index (χ1) is 17.1. The number of amides is 2. The number of hydrogen-bond donors (Lipinski definition) is 3. The molecular formula is C25H24N6O3S. The number of benzene rings is 2. The van der Waals surface area contributed by atoms with E-state index in [9.17, 15) is 9.59 Å². The number of H-pyrrole nitrogens is 1. The van der Waals surface area contributed by atoms with Gasteiger partial charge in [0.25, 0.3) is 0 Å². The number of aromatic nitrogens is 4. The molecule has 5 rings (SSSR count). The van der Waals surface area contributed by atoms with Gasteiger partial charge in [0.15, 0.2) is 11.0 Å². The molecule has 0 fully saturated rings. The Morgan fingerprint density at radius 3 is 2.77 bits per heavy atom. The van der Waals surface area contributed by atoms with Gasteiger partial charge in [0.05, 0.1) is 24.4 Å². The zero-order valence-corrected chi connectivity index (χ0v) is 20.1. The molecule has 35 heavy (non-hydrogen) atoms. The van der Waals surface area contributed by atoms with Gasteiger partial charge in [-0.05, 0) is 31.5 Å². The molecule has 0 atom stereocenters. The molecule has 3 heterocycles. The molecule has 3 N–H and O–H groups in total. The number of carbonyl (C=O) groups is 2. The van der Waals surface area contributed by atoms with Crippen LogP contribution in [0.5, 0.6) is 0 Å². The summed E-state index contributed by atoms with van der Waals surface area (Å²) in [5, 5.41) is 16.1. The summed E-state index contributed by atoms with van der Waals surface area (Å²) in [6.07, 6.45) is 1.94. The number of hydrogen-bond acceptors (Lipinski definition) is 6. The lowest BCUT2D eigenvalue weighted by Gasteiger charge is -2.21. The van der Waals surface area contributed by atoms with Crippen LogP contribution in [-0.2, 0) is 9.53 Å². The molecule has 0 saturated carbocycles. The monoisotopic (exact) mass is 488 g/mol. The summed E-state index contributed by atoms with van der Waals surface area (Å²) in [5.74, 6) is 0.572. The van der Waals surface area contributed by atoms with Gasteiger partial charge in [-0.3, -0.25) is 4.57 Å². The van der Waals surface area contributed by atoms with Crippen molar-refractivity contribution in [3.05, 3.63) is 71.6 Å². The van der Waals surface area contributed by atoms with Crippen LogP contribution in [0.2, 0.25) is 0 Å². The van der Waals surface area contributed by atoms with Crippen molar-refractivity contribution in [2.24, 2.45) is 0 Å². The minimum Gasteiger partial charge on any atom is -0.463 e. The normalized spacial score (nSPS) is 13.6. The van der Waals surface area contributed by atoms with Crippen LogP contribution in [0.1, 0.15) is 12.5 Å². The summed E-state index contributed by atoms with van der Waals surface area (Å²) >= 11 is 1.39. The number of thioether (sulfide) groups is 1. The van der Waals surface area contributed by atoms with Gasteiger partial charge in [-0.25, -0.2) is 9.59 Å². The van der Waals surface area contributed by atoms with Crippen molar-refractivity contribution in [3.63, 3.8) is 0 Å². The predicted molar refractivity (Wildman–Crippen MR) is 134 cm³/mol. The smallest absolute Gasteiger partial charge is 0.337 e. The molecule has 0 saturated heterocycles. The van der Waals surface area contributed by atoms with E-state index < -0.39 is 5.97 Å². The van der Waals surface area contributed by atoms with E-state index in [0.717, 1.165) is 27.7 Å². The Hall–Kier alpha value is -4.05. The van der Waals surface area contributed by atoms with Gasteiger partial charge in [-0.2, -0.15) is 0 Å². The van der Waals surface area contributed by atoms with Gasteiger partial charge in [0.1, 0.15) is 0 Å². The summed E-state index contributed by atoms with van der Waals surface area (Å²) in [5.41, 5.74) is 4.87. The number of aryl methyl sites for hydroxylation is 1. The van der Waals surface area contributed by atoms with Crippen molar-refractivity contribution in [2.75, 3.05) is 18.9 Å². The third-order valence-corrected chi connectivity index (χ3v) is 6.70. The van der Waals surface area contributed by atoms with Gasteiger partial charge < -0.3 is 20.4 Å². The van der Waals surface area contributed by atoms with Crippen molar-refractivity contribution in [1.82, 2.24) is 30.4 Å². The number of fused-ring (bicyclic) bond motifs is 1. The average Bonchev–Trinajstić information content (AvgIpc) is 3.47. The second-order valence-electron chi connectivity index (χ2n) is 7.95. The zero-order chi connectivity index (χ0) is 24.4. The van der Waals surface area contributed by atoms with Crippen LogP contribution in [0, 0.1) is 6.92 Å². The number of nitrogens with one attached hydrogen (secondary N) is 3. The van der Waals surface area contributed by atoms with Crippen molar-refractivity contribution in [3.8, 4) is 17.1 Å². The van der Waals surface area contributed by atoms with Crippen LogP contribution in [0.3, 0.4) is 0 Å². The fraction of sp³-hybridized carbons (Fsp3) is 0.200. The summed E-state index contributed by atoms with van der Waals surface area (Å²) in [6.45, 7) is 4.16. The van der Waals surface area contributed by atoms with Crippen LogP contribution in [-0.4, -0.2) is 50.7 Å². The van der Waals surface area contributed by atoms with E-state index in [4.69, 9.17) is 4.74 Å². The number of aromatic amines is 1. The van der Waals surface area contributed by atoms with Gasteiger partial charge >= 0.3 is 12.0 Å². The summed E-state index contributed by atoms with van der Waals surface area (Å²) in [4.78, 5) is 27.7. The maximum absolute atomic E-state index is 12.4. The van der Waals surface area contributed by atoms with Crippen LogP contribution < -0.4 is 10.6 Å². The molecular weight excluding hydrogens is 464 g/mol. The molecule has 2 aromatic heterocycles. The van der Waals surface area contributed by atoms with E-state index in [1.807, 2.05) is 66.2 Å². The Morgan fingerprint density at radius 1 is 1.14 bits per heavy atom. The molecule has 1 aliphatic heterocycles. The molecule has 0 spiro atoms. The number of ether oxygens (including phenoxy) is 1. The number of esters is 1. The van der Waals surface area contributed by atoms with Crippen molar-refractivity contribution < 1.29 is 14.3 Å². The van der Waals surface area contributed by atoms with Gasteiger partial charge in [-0.15, -0.1) is 10.2 Å². The third kappa shape index (κ3) is 4.40. The quantitative estimate of drug-likeness (QED) is 0.268. The maximum Gasteiger partial charge on any atom is 0.337 e. The minimum absolute atomic E-state index is 0.117. The van der Waals surface area contributed by atoms with Gasteiger partial charge in [-0.1, -0.05) is 48.2 Å². The molecule has 1 aliphatic rings. The Bertz CT molecular complexity index is 1450. The number of rotatable bonds is 7. The first-order valence-electron chi connectivity index (χ1n) is 11.2. The first-order valence-corrected chi connectivity index (χ1v) is 12.2. The number of nitrogens with zero attached hydrogens (tertiary/aromatic N) is 3. The lowest BCUT2D eigenvalue weighted by molar-refractivity contribution is -0.138. The highest BCUT2D eigenvalue weighted by Crippen LogP contribution is 2.34. The molecule has 0 radical (unpaired) electrons. The van der Waals surface area contributed by atoms with E-state index in [0.29, 0.717) is 28.0 Å². The van der Waals surface area contributed by atoms with E-state index >= 15 is 0 Å². The standard InChI is InChI=1S/C25H24N6O3S/c1-3-34-23(32)18-13-27-24(33)28-20(18)14-35-25-30-29-22(31(25)21-11-7-4-8-15(21)2)17-12-26-19-10-6-5-9-16(17)19/h4-12,26H,3,13-14H2,1-2H3,(H2,27,28,33). The van der Waals surface area contributed by atoms with Crippen LogP contribution >= 0.6 is 11.8 Å². The van der Waals surface area contributed by atoms with Crippen molar-refractivity contribution >= 4 is 34.7 Å². The Morgan fingerprint density at radius 2 is 1.94 bits per heavy atom. The fourth-order valence-corrected chi connectivity index (χ4v) is 4.96. The molecule has 10 heteroatoms. The van der Waals surface area contributed by atoms with E-state index in [1.165, 1.54) is 11.8 Å². The molecule has 2 aromatic carbocycles. The van der Waals surface area contributed by atoms with E-state index in [1.54, 1.807) is 6.92 Å². The van der Waals surface area contributed by atoms with E-state index in [2.05, 4.69) is 25.8 Å². The number of carbonyl (C=O) groups excluding carboxylic acids is 2. The number of urea groups is 1. The maximum atomic E-state index is 12.4. The van der Waals surface area contributed by atoms with E-state index in [-0.39, 0.29) is 19.2 Å². The predicted octanol–water partition coefficient (Wildman–Crippen LogP) is 3.95. The molecule has 4 aromatic rings. The third-order valence-electron chi connectivity index (χ3n) is 5.74. The molecule has 9 nitrogen and oxygen atoms in total. The average molecular weight is 489 g/mol. The van der Waals surface area contributed by atoms with Crippen LogP contribution in [0.25, 0.3) is 28.0 Å². The number of para-hydroxylation sites is 2. The molecule has 0 bridgehead atoms. The zero-order valence-electron chi connectivity index (χ0n) is 19.3. The SMILES string of the molecule is CCOC(=O)C1=C(CSc2nnc(-c3c[nH]c4ccccc34)n2-c2ccccc2C)NC(=O)NC1. The first kappa shape index (κ1) is 22.7. The lowest BCUT2D eigenvalue weighted by atomic mass is 10.1. The fourth-order valence-electron chi connectivity index (χ4n) is 4.03. The second-order valence-corrected chi connectivity index (χ2v) is 8.89. The summed E-state index contributed by atoms with van der Waals surface area (Å²) in [6, 6.07) is 15.7. The highest BCUT2D eigenvalue weighted by molar-refractivity contribution is 7.99. The van der Waals surface area contributed by atoms with Gasteiger partial charge in [0.2, 0.25) is 0 Å². The largest absolute Gasteiger partial charge is 0.463 e. The molecule has 178 valence electrons. The summed E-state index contributed by atoms with van der Waals surface area (Å²) in [7, 11) is 0. The minimum atomic E-state index is -0.449. The molecule has 2 amide bonds. The highest BCUT2D eigenvalue weighted by Gasteiger charge is 2.25. The summed E-state index contributed by atoms with van der Waals surface area (Å²) < 4.78 is 7.18. The Labute approximate surface area is 206 Å². The molecule has 0 aliphatic carbocycles. The van der Waals surface area contributed by atoms with Crippen molar-refractivity contribution in [1.29, 1.82) is 0 Å². The highest BCUT2D eigenvalue weighted by atomic mass is 32.2. The Kier molecular flexibility index (Phi) is 6.28. The van der Waals surface area contributed by atoms with Crippen LogP contribution in [0.4, 0.5) is 4.79 Å². The topological polar surface area (TPSA) is 114 Å².